The van der Waals surface area contributed by atoms with E-state index >= 15 is 0 Å². The Kier molecular flexibility index (Phi) is 3.98. The number of aliphatic hydroxyl groups is 1. The highest BCUT2D eigenvalue weighted by molar-refractivity contribution is 5.32. The Morgan fingerprint density at radius 1 is 1.11 bits per heavy atom. The van der Waals surface area contributed by atoms with Crippen LogP contribution in [-0.2, 0) is 4.74 Å². The predicted octanol–water partition coefficient (Wildman–Crippen LogP) is 3.54. The van der Waals surface area contributed by atoms with Crippen molar-refractivity contribution in [1.82, 2.24) is 0 Å². The Hall–Kier alpha value is -0.930. The quantitative estimate of drug-likeness (QED) is 0.887. The van der Waals surface area contributed by atoms with Crippen LogP contribution in [0.5, 0.6) is 0 Å². The standard InChI is InChI=1S/C16H23FO2/c1-8-6-13(7-9(2)15(8)17)16(18)14-10(3)11(4)19-12(14)5/h6-7,10-12,14,16,18H,1-5H3. The molecule has 2 nitrogen and oxygen atoms in total. The first-order chi connectivity index (χ1) is 8.82. The van der Waals surface area contributed by atoms with Crippen molar-refractivity contribution < 1.29 is 14.2 Å². The van der Waals surface area contributed by atoms with Crippen LogP contribution in [0.3, 0.4) is 0 Å². The molecular formula is C16H23FO2. The summed E-state index contributed by atoms with van der Waals surface area (Å²) in [5, 5.41) is 10.6. The molecule has 1 N–H and O–H groups in total. The maximum absolute atomic E-state index is 13.7. The Morgan fingerprint density at radius 2 is 1.63 bits per heavy atom. The van der Waals surface area contributed by atoms with Crippen molar-refractivity contribution in [2.45, 2.75) is 52.9 Å². The summed E-state index contributed by atoms with van der Waals surface area (Å²) in [6.45, 7) is 9.61. The molecule has 19 heavy (non-hydrogen) atoms. The zero-order valence-electron chi connectivity index (χ0n) is 12.3. The van der Waals surface area contributed by atoms with Crippen molar-refractivity contribution in [3.8, 4) is 0 Å². The van der Waals surface area contributed by atoms with Crippen LogP contribution in [0.25, 0.3) is 0 Å². The van der Waals surface area contributed by atoms with Gasteiger partial charge in [0.15, 0.2) is 0 Å². The zero-order valence-corrected chi connectivity index (χ0v) is 12.3. The first-order valence-corrected chi connectivity index (χ1v) is 6.93. The SMILES string of the molecule is Cc1cc(C(O)C2C(C)OC(C)C2C)cc(C)c1F. The lowest BCUT2D eigenvalue weighted by atomic mass is 9.81. The molecule has 5 unspecified atom stereocenters. The van der Waals surface area contributed by atoms with Crippen molar-refractivity contribution in [3.63, 3.8) is 0 Å². The average Bonchev–Trinajstić information content (AvgIpc) is 2.59. The van der Waals surface area contributed by atoms with Gasteiger partial charge < -0.3 is 9.84 Å². The van der Waals surface area contributed by atoms with Crippen molar-refractivity contribution >= 4 is 0 Å². The summed E-state index contributed by atoms with van der Waals surface area (Å²) in [4.78, 5) is 0. The molecule has 0 aliphatic carbocycles. The highest BCUT2D eigenvalue weighted by Gasteiger charge is 2.41. The summed E-state index contributed by atoms with van der Waals surface area (Å²) in [5.41, 5.74) is 1.96. The number of aliphatic hydroxyl groups excluding tert-OH is 1. The van der Waals surface area contributed by atoms with E-state index in [0.717, 1.165) is 5.56 Å². The van der Waals surface area contributed by atoms with Gasteiger partial charge in [0.05, 0.1) is 18.3 Å². The summed E-state index contributed by atoms with van der Waals surface area (Å²) in [6.07, 6.45) is -0.434. The Balaban J connectivity index is 2.32. The smallest absolute Gasteiger partial charge is 0.129 e. The first kappa shape index (κ1) is 14.5. The van der Waals surface area contributed by atoms with Crippen LogP contribution in [0.15, 0.2) is 12.1 Å². The van der Waals surface area contributed by atoms with E-state index in [4.69, 9.17) is 4.74 Å². The molecule has 2 rings (SSSR count). The lowest BCUT2D eigenvalue weighted by Gasteiger charge is -2.25. The molecule has 0 spiro atoms. The molecule has 1 aromatic rings. The van der Waals surface area contributed by atoms with Gasteiger partial charge in [-0.1, -0.05) is 19.1 Å². The molecule has 5 atom stereocenters. The molecule has 0 radical (unpaired) electrons. The van der Waals surface area contributed by atoms with Crippen molar-refractivity contribution in [1.29, 1.82) is 0 Å². The Morgan fingerprint density at radius 3 is 2.05 bits per heavy atom. The fourth-order valence-corrected chi connectivity index (χ4v) is 3.21. The topological polar surface area (TPSA) is 29.5 Å². The van der Waals surface area contributed by atoms with Gasteiger partial charge in [0, 0.05) is 5.92 Å². The van der Waals surface area contributed by atoms with Gasteiger partial charge in [-0.05, 0) is 50.3 Å². The zero-order chi connectivity index (χ0) is 14.3. The number of benzene rings is 1. The summed E-state index contributed by atoms with van der Waals surface area (Å²) < 4.78 is 19.4. The van der Waals surface area contributed by atoms with E-state index in [9.17, 15) is 9.50 Å². The summed E-state index contributed by atoms with van der Waals surface area (Å²) >= 11 is 0. The van der Waals surface area contributed by atoms with E-state index in [1.165, 1.54) is 0 Å². The van der Waals surface area contributed by atoms with E-state index in [-0.39, 0.29) is 29.9 Å². The summed E-state index contributed by atoms with van der Waals surface area (Å²) in [5.74, 6) is 0.156. The highest BCUT2D eigenvalue weighted by Crippen LogP contribution is 2.40. The van der Waals surface area contributed by atoms with Crippen molar-refractivity contribution in [2.24, 2.45) is 11.8 Å². The van der Waals surface area contributed by atoms with Gasteiger partial charge in [0.2, 0.25) is 0 Å². The van der Waals surface area contributed by atoms with Crippen LogP contribution in [-0.4, -0.2) is 17.3 Å². The molecule has 0 bridgehead atoms. The molecule has 1 aliphatic rings. The number of hydrogen-bond acceptors (Lipinski definition) is 2. The number of hydrogen-bond donors (Lipinski definition) is 1. The molecule has 3 heteroatoms. The second-order valence-electron chi connectivity index (χ2n) is 5.90. The lowest BCUT2D eigenvalue weighted by Crippen LogP contribution is -2.25. The van der Waals surface area contributed by atoms with Gasteiger partial charge in [-0.15, -0.1) is 0 Å². The molecule has 106 valence electrons. The summed E-state index contributed by atoms with van der Waals surface area (Å²) in [6, 6.07) is 3.49. The van der Waals surface area contributed by atoms with Gasteiger partial charge in [-0.25, -0.2) is 4.39 Å². The van der Waals surface area contributed by atoms with Crippen LogP contribution < -0.4 is 0 Å². The lowest BCUT2D eigenvalue weighted by molar-refractivity contribution is 0.0230. The fraction of sp³-hybridized carbons (Fsp3) is 0.625. The molecule has 0 saturated carbocycles. The number of aryl methyl sites for hydroxylation is 2. The van der Waals surface area contributed by atoms with E-state index in [2.05, 4.69) is 6.92 Å². The minimum atomic E-state index is -0.604. The second kappa shape index (κ2) is 5.22. The van der Waals surface area contributed by atoms with Gasteiger partial charge in [-0.3, -0.25) is 0 Å². The molecule has 1 aliphatic heterocycles. The van der Waals surface area contributed by atoms with Crippen LogP contribution in [0, 0.1) is 31.5 Å². The van der Waals surface area contributed by atoms with E-state index in [1.54, 1.807) is 26.0 Å². The van der Waals surface area contributed by atoms with E-state index in [0.29, 0.717) is 11.1 Å². The van der Waals surface area contributed by atoms with Gasteiger partial charge in [0.1, 0.15) is 5.82 Å². The third kappa shape index (κ3) is 2.54. The molecule has 1 heterocycles. The second-order valence-corrected chi connectivity index (χ2v) is 5.90. The maximum Gasteiger partial charge on any atom is 0.129 e. The predicted molar refractivity (Wildman–Crippen MR) is 73.5 cm³/mol. The number of rotatable bonds is 2. The molecule has 1 saturated heterocycles. The van der Waals surface area contributed by atoms with Crippen LogP contribution >= 0.6 is 0 Å². The number of ether oxygens (including phenoxy) is 1. The molecule has 1 fully saturated rings. The van der Waals surface area contributed by atoms with Crippen LogP contribution in [0.4, 0.5) is 4.39 Å². The molecule has 0 aromatic heterocycles. The minimum absolute atomic E-state index is 0.0191. The largest absolute Gasteiger partial charge is 0.388 e. The fourth-order valence-electron chi connectivity index (χ4n) is 3.21. The third-order valence-corrected chi connectivity index (χ3v) is 4.48. The normalized spacial score (nSPS) is 32.6. The third-order valence-electron chi connectivity index (χ3n) is 4.48. The van der Waals surface area contributed by atoms with Crippen molar-refractivity contribution in [2.75, 3.05) is 0 Å². The van der Waals surface area contributed by atoms with Crippen LogP contribution in [0.1, 0.15) is 43.6 Å². The van der Waals surface area contributed by atoms with Gasteiger partial charge in [0.25, 0.3) is 0 Å². The first-order valence-electron chi connectivity index (χ1n) is 6.93. The minimum Gasteiger partial charge on any atom is -0.388 e. The van der Waals surface area contributed by atoms with Crippen LogP contribution in [0.2, 0.25) is 0 Å². The Labute approximate surface area is 114 Å². The maximum atomic E-state index is 13.7. The van der Waals surface area contributed by atoms with Crippen molar-refractivity contribution in [3.05, 3.63) is 34.6 Å². The summed E-state index contributed by atoms with van der Waals surface area (Å²) in [7, 11) is 0. The molecule has 1 aromatic carbocycles. The molecular weight excluding hydrogens is 243 g/mol. The Bertz CT molecular complexity index is 449. The van der Waals surface area contributed by atoms with Gasteiger partial charge >= 0.3 is 0 Å². The molecule has 0 amide bonds. The van der Waals surface area contributed by atoms with E-state index in [1.807, 2.05) is 13.8 Å². The average molecular weight is 266 g/mol. The van der Waals surface area contributed by atoms with E-state index < -0.39 is 6.10 Å². The number of halogens is 1. The van der Waals surface area contributed by atoms with Gasteiger partial charge in [-0.2, -0.15) is 0 Å². The monoisotopic (exact) mass is 266 g/mol. The highest BCUT2D eigenvalue weighted by atomic mass is 19.1.